The molecule has 0 aromatic rings. The van der Waals surface area contributed by atoms with E-state index in [-0.39, 0.29) is 13.1 Å². The molecule has 0 atom stereocenters. The summed E-state index contributed by atoms with van der Waals surface area (Å²) in [7, 11) is 0. The van der Waals surface area contributed by atoms with Crippen LogP contribution in [-0.2, 0) is 14.4 Å². The van der Waals surface area contributed by atoms with Crippen molar-refractivity contribution in [2.24, 2.45) is 5.73 Å². The lowest BCUT2D eigenvalue weighted by Crippen LogP contribution is -2.47. The van der Waals surface area contributed by atoms with Crippen LogP contribution < -0.4 is 21.9 Å². The van der Waals surface area contributed by atoms with Crippen LogP contribution in [-0.4, -0.2) is 31.3 Å². The maximum atomic E-state index is 10.6. The van der Waals surface area contributed by atoms with E-state index in [0.29, 0.717) is 6.41 Å². The standard InChI is InChI=1S/C5H10N4O3/c6-1-4(11)8-9-5(12)2-7-3-10/h3H,1-2,6H2,(H,7,10)(H,8,11)(H,9,12). The van der Waals surface area contributed by atoms with Crippen LogP contribution in [0.1, 0.15) is 0 Å². The summed E-state index contributed by atoms with van der Waals surface area (Å²) in [5.41, 5.74) is 8.97. The SMILES string of the molecule is NCC(=O)NNC(=O)CNC=O. The van der Waals surface area contributed by atoms with Crippen molar-refractivity contribution in [3.63, 3.8) is 0 Å². The maximum absolute atomic E-state index is 10.6. The second kappa shape index (κ2) is 6.10. The lowest BCUT2D eigenvalue weighted by molar-refractivity contribution is -0.128. The van der Waals surface area contributed by atoms with Crippen molar-refractivity contribution in [3.05, 3.63) is 0 Å². The molecule has 12 heavy (non-hydrogen) atoms. The van der Waals surface area contributed by atoms with E-state index >= 15 is 0 Å². The van der Waals surface area contributed by atoms with Crippen LogP contribution in [0.4, 0.5) is 0 Å². The average Bonchev–Trinajstić information content (AvgIpc) is 2.10. The van der Waals surface area contributed by atoms with Gasteiger partial charge in [0.15, 0.2) is 0 Å². The highest BCUT2D eigenvalue weighted by Gasteiger charge is 2.00. The average molecular weight is 174 g/mol. The molecule has 0 saturated heterocycles. The highest BCUT2D eigenvalue weighted by molar-refractivity contribution is 5.84. The number of nitrogens with two attached hydrogens (primary N) is 1. The highest BCUT2D eigenvalue weighted by atomic mass is 16.2. The van der Waals surface area contributed by atoms with Gasteiger partial charge in [-0.15, -0.1) is 0 Å². The lowest BCUT2D eigenvalue weighted by Gasteiger charge is -2.04. The van der Waals surface area contributed by atoms with Gasteiger partial charge in [0.2, 0.25) is 6.41 Å². The lowest BCUT2D eigenvalue weighted by atomic mass is 10.6. The molecule has 7 nitrogen and oxygen atoms in total. The Balaban J connectivity index is 3.43. The summed E-state index contributed by atoms with van der Waals surface area (Å²) in [6.45, 7) is -0.393. The van der Waals surface area contributed by atoms with Crippen LogP contribution in [0.25, 0.3) is 0 Å². The first-order valence-electron chi connectivity index (χ1n) is 3.15. The minimum absolute atomic E-state index is 0.186. The zero-order valence-corrected chi connectivity index (χ0v) is 6.29. The van der Waals surface area contributed by atoms with Crippen molar-refractivity contribution in [2.45, 2.75) is 0 Å². The molecule has 0 aromatic heterocycles. The third-order valence-corrected chi connectivity index (χ3v) is 0.873. The third kappa shape index (κ3) is 5.18. The Labute approximate surface area is 68.6 Å². The first-order chi connectivity index (χ1) is 5.70. The number of amides is 3. The summed E-state index contributed by atoms with van der Waals surface area (Å²) in [6, 6.07) is 0. The first-order valence-corrected chi connectivity index (χ1v) is 3.15. The Bertz CT molecular complexity index is 182. The third-order valence-electron chi connectivity index (χ3n) is 0.873. The summed E-state index contributed by atoms with van der Waals surface area (Å²) in [5.74, 6) is -1.03. The number of rotatable bonds is 4. The Morgan fingerprint density at radius 3 is 2.33 bits per heavy atom. The van der Waals surface area contributed by atoms with Gasteiger partial charge >= 0.3 is 0 Å². The molecule has 0 heterocycles. The maximum Gasteiger partial charge on any atom is 0.257 e. The Morgan fingerprint density at radius 1 is 1.25 bits per heavy atom. The molecule has 3 amide bonds. The summed E-state index contributed by atoms with van der Waals surface area (Å²) in [4.78, 5) is 30.8. The van der Waals surface area contributed by atoms with Crippen molar-refractivity contribution >= 4 is 18.2 Å². The molecule has 0 fully saturated rings. The predicted octanol–water partition coefficient (Wildman–Crippen LogP) is -3.16. The molecule has 0 unspecified atom stereocenters. The fourth-order valence-corrected chi connectivity index (χ4v) is 0.369. The summed E-state index contributed by atoms with van der Waals surface area (Å²) >= 11 is 0. The van der Waals surface area contributed by atoms with Gasteiger partial charge in [0.25, 0.3) is 11.8 Å². The van der Waals surface area contributed by atoms with E-state index in [9.17, 15) is 14.4 Å². The van der Waals surface area contributed by atoms with Crippen molar-refractivity contribution < 1.29 is 14.4 Å². The van der Waals surface area contributed by atoms with E-state index in [1.165, 1.54) is 0 Å². The molecule has 0 bridgehead atoms. The highest BCUT2D eigenvalue weighted by Crippen LogP contribution is 1.59. The second-order valence-corrected chi connectivity index (χ2v) is 1.80. The van der Waals surface area contributed by atoms with Gasteiger partial charge in [-0.1, -0.05) is 0 Å². The molecule has 0 spiro atoms. The summed E-state index contributed by atoms with van der Waals surface area (Å²) in [5, 5.41) is 2.11. The molecule has 0 rings (SSSR count). The zero-order valence-electron chi connectivity index (χ0n) is 6.29. The molecule has 68 valence electrons. The van der Waals surface area contributed by atoms with Crippen LogP contribution in [0.5, 0.6) is 0 Å². The minimum Gasteiger partial charge on any atom is -0.350 e. The van der Waals surface area contributed by atoms with Crippen LogP contribution in [0, 0.1) is 0 Å². The number of carbonyl (C=O) groups excluding carboxylic acids is 3. The zero-order chi connectivity index (χ0) is 9.40. The van der Waals surface area contributed by atoms with Crippen molar-refractivity contribution in [1.82, 2.24) is 16.2 Å². The van der Waals surface area contributed by atoms with Crippen LogP contribution in [0.3, 0.4) is 0 Å². The fourth-order valence-electron chi connectivity index (χ4n) is 0.369. The molecular formula is C5H10N4O3. The van der Waals surface area contributed by atoms with E-state index in [1.807, 2.05) is 10.9 Å². The molecule has 0 aliphatic heterocycles. The molecule has 0 saturated carbocycles. The molecule has 5 N–H and O–H groups in total. The number of nitrogens with one attached hydrogen (secondary N) is 3. The Hall–Kier alpha value is -1.63. The second-order valence-electron chi connectivity index (χ2n) is 1.80. The van der Waals surface area contributed by atoms with Crippen molar-refractivity contribution in [3.8, 4) is 0 Å². The first kappa shape index (κ1) is 10.4. The largest absolute Gasteiger partial charge is 0.350 e. The predicted molar refractivity (Wildman–Crippen MR) is 39.4 cm³/mol. The van der Waals surface area contributed by atoms with Crippen LogP contribution >= 0.6 is 0 Å². The number of carbonyl (C=O) groups is 3. The number of hydrogen-bond donors (Lipinski definition) is 4. The molecule has 7 heteroatoms. The topological polar surface area (TPSA) is 113 Å². The van der Waals surface area contributed by atoms with Gasteiger partial charge in [-0.2, -0.15) is 0 Å². The van der Waals surface area contributed by atoms with Gasteiger partial charge in [-0.05, 0) is 0 Å². The Morgan fingerprint density at radius 2 is 1.83 bits per heavy atom. The van der Waals surface area contributed by atoms with Gasteiger partial charge in [0.05, 0.1) is 13.1 Å². The van der Waals surface area contributed by atoms with Gasteiger partial charge < -0.3 is 11.1 Å². The minimum atomic E-state index is -0.524. The Kier molecular flexibility index (Phi) is 5.28. The van der Waals surface area contributed by atoms with Crippen molar-refractivity contribution in [2.75, 3.05) is 13.1 Å². The monoisotopic (exact) mass is 174 g/mol. The molecule has 0 aromatic carbocycles. The van der Waals surface area contributed by atoms with E-state index in [0.717, 1.165) is 0 Å². The number of hydrazine groups is 1. The van der Waals surface area contributed by atoms with E-state index < -0.39 is 11.8 Å². The molecule has 0 radical (unpaired) electrons. The summed E-state index contributed by atoms with van der Waals surface area (Å²) in [6.07, 6.45) is 0.379. The van der Waals surface area contributed by atoms with Gasteiger partial charge in [-0.3, -0.25) is 25.2 Å². The van der Waals surface area contributed by atoms with E-state index in [1.54, 1.807) is 0 Å². The van der Waals surface area contributed by atoms with Gasteiger partial charge in [0.1, 0.15) is 0 Å². The van der Waals surface area contributed by atoms with Crippen LogP contribution in [0.2, 0.25) is 0 Å². The van der Waals surface area contributed by atoms with Gasteiger partial charge in [0, 0.05) is 0 Å². The van der Waals surface area contributed by atoms with Crippen molar-refractivity contribution in [1.29, 1.82) is 0 Å². The quantitative estimate of drug-likeness (QED) is 0.266. The fraction of sp³-hybridized carbons (Fsp3) is 0.400. The van der Waals surface area contributed by atoms with Gasteiger partial charge in [-0.25, -0.2) is 0 Å². The molecule has 0 aliphatic rings. The molecular weight excluding hydrogens is 164 g/mol. The number of hydrogen-bond acceptors (Lipinski definition) is 4. The van der Waals surface area contributed by atoms with E-state index in [2.05, 4.69) is 5.32 Å². The summed E-state index contributed by atoms with van der Waals surface area (Å²) < 4.78 is 0. The molecule has 0 aliphatic carbocycles. The normalized spacial score (nSPS) is 8.42. The van der Waals surface area contributed by atoms with E-state index in [4.69, 9.17) is 5.73 Å². The van der Waals surface area contributed by atoms with Crippen LogP contribution in [0.15, 0.2) is 0 Å². The smallest absolute Gasteiger partial charge is 0.257 e.